The molecule has 0 spiro atoms. The van der Waals surface area contributed by atoms with Crippen LogP contribution in [0.25, 0.3) is 0 Å². The number of alkyl halides is 2. The van der Waals surface area contributed by atoms with Crippen molar-refractivity contribution in [3.63, 3.8) is 0 Å². The van der Waals surface area contributed by atoms with Crippen molar-refractivity contribution in [1.29, 1.82) is 0 Å². The van der Waals surface area contributed by atoms with E-state index in [-0.39, 0.29) is 11.7 Å². The summed E-state index contributed by atoms with van der Waals surface area (Å²) in [6.45, 7) is -0.155. The molecule has 6 heteroatoms. The van der Waals surface area contributed by atoms with Gasteiger partial charge in [-0.2, -0.15) is 8.78 Å². The Morgan fingerprint density at radius 1 is 1.38 bits per heavy atom. The maximum Gasteiger partial charge on any atom is 0.387 e. The average Bonchev–Trinajstić information content (AvgIpc) is 2.45. The molecule has 2 unspecified atom stereocenters. The lowest BCUT2D eigenvalue weighted by molar-refractivity contribution is -0.0498. The molecule has 1 aromatic rings. The summed E-state index contributed by atoms with van der Waals surface area (Å²) >= 11 is 0. The van der Waals surface area contributed by atoms with Crippen LogP contribution in [0.3, 0.4) is 0 Å². The highest BCUT2D eigenvalue weighted by molar-refractivity contribution is 5.94. The van der Waals surface area contributed by atoms with E-state index in [9.17, 15) is 13.6 Å². The van der Waals surface area contributed by atoms with Crippen LogP contribution in [0.4, 0.5) is 8.78 Å². The highest BCUT2D eigenvalue weighted by Crippen LogP contribution is 2.15. The number of benzene rings is 1. The molecule has 116 valence electrons. The van der Waals surface area contributed by atoms with Crippen molar-refractivity contribution in [3.05, 3.63) is 29.8 Å². The van der Waals surface area contributed by atoms with Gasteiger partial charge in [0.25, 0.3) is 5.91 Å². The van der Waals surface area contributed by atoms with Crippen LogP contribution in [-0.2, 0) is 0 Å². The summed E-state index contributed by atoms with van der Waals surface area (Å²) < 4.78 is 28.3. The van der Waals surface area contributed by atoms with E-state index in [0.29, 0.717) is 24.2 Å². The van der Waals surface area contributed by atoms with Crippen LogP contribution < -0.4 is 15.4 Å². The normalized spacial score (nSPS) is 22.1. The van der Waals surface area contributed by atoms with Crippen molar-refractivity contribution in [3.8, 4) is 5.75 Å². The van der Waals surface area contributed by atoms with E-state index >= 15 is 0 Å². The number of hydrogen-bond donors (Lipinski definition) is 2. The Morgan fingerprint density at radius 2 is 2.10 bits per heavy atom. The van der Waals surface area contributed by atoms with E-state index in [0.717, 1.165) is 19.3 Å². The maximum atomic E-state index is 12.0. The van der Waals surface area contributed by atoms with E-state index in [2.05, 4.69) is 22.3 Å². The third kappa shape index (κ3) is 4.97. The van der Waals surface area contributed by atoms with Crippen LogP contribution in [0.15, 0.2) is 24.3 Å². The van der Waals surface area contributed by atoms with Gasteiger partial charge >= 0.3 is 6.61 Å². The number of carbonyl (C=O) groups excluding carboxylic acids is 1. The number of hydrogen-bond acceptors (Lipinski definition) is 3. The fraction of sp³-hybridized carbons (Fsp3) is 0.533. The number of piperidine rings is 1. The first-order valence-corrected chi connectivity index (χ1v) is 7.13. The minimum absolute atomic E-state index is 0.0457. The van der Waals surface area contributed by atoms with Crippen LogP contribution in [-0.4, -0.2) is 31.1 Å². The second-order valence-electron chi connectivity index (χ2n) is 5.31. The Kier molecular flexibility index (Phi) is 5.50. The first-order valence-electron chi connectivity index (χ1n) is 7.13. The second-order valence-corrected chi connectivity index (χ2v) is 5.31. The van der Waals surface area contributed by atoms with Gasteiger partial charge in [0.1, 0.15) is 5.75 Å². The maximum absolute atomic E-state index is 12.0. The average molecular weight is 298 g/mol. The van der Waals surface area contributed by atoms with Gasteiger partial charge in [0.2, 0.25) is 0 Å². The molecule has 1 amide bonds. The molecule has 1 saturated heterocycles. The van der Waals surface area contributed by atoms with Gasteiger partial charge in [-0.25, -0.2) is 0 Å². The van der Waals surface area contributed by atoms with Gasteiger partial charge < -0.3 is 15.4 Å². The van der Waals surface area contributed by atoms with E-state index in [1.807, 2.05) is 0 Å². The number of rotatable bonds is 5. The van der Waals surface area contributed by atoms with Crippen molar-refractivity contribution in [2.75, 3.05) is 6.54 Å². The van der Waals surface area contributed by atoms with E-state index in [1.165, 1.54) is 24.3 Å². The first kappa shape index (κ1) is 15.7. The molecular weight excluding hydrogens is 278 g/mol. The molecule has 0 aliphatic carbocycles. The zero-order valence-electron chi connectivity index (χ0n) is 11.9. The molecule has 1 aliphatic heterocycles. The molecule has 1 aromatic carbocycles. The number of ether oxygens (including phenoxy) is 1. The van der Waals surface area contributed by atoms with E-state index in [4.69, 9.17) is 0 Å². The largest absolute Gasteiger partial charge is 0.435 e. The zero-order chi connectivity index (χ0) is 15.2. The Hall–Kier alpha value is -1.69. The molecule has 0 saturated carbocycles. The molecule has 21 heavy (non-hydrogen) atoms. The molecule has 2 atom stereocenters. The molecule has 4 nitrogen and oxygen atoms in total. The predicted molar refractivity (Wildman–Crippen MR) is 75.6 cm³/mol. The first-order chi connectivity index (χ1) is 10.0. The number of halogens is 2. The van der Waals surface area contributed by atoms with Crippen molar-refractivity contribution >= 4 is 5.91 Å². The molecule has 0 bridgehead atoms. The smallest absolute Gasteiger partial charge is 0.387 e. The monoisotopic (exact) mass is 298 g/mol. The fourth-order valence-corrected chi connectivity index (χ4v) is 2.51. The quantitative estimate of drug-likeness (QED) is 0.878. The van der Waals surface area contributed by atoms with Crippen LogP contribution in [0.5, 0.6) is 5.75 Å². The van der Waals surface area contributed by atoms with Gasteiger partial charge in [0, 0.05) is 24.2 Å². The molecule has 1 fully saturated rings. The fourth-order valence-electron chi connectivity index (χ4n) is 2.51. The molecule has 2 N–H and O–H groups in total. The van der Waals surface area contributed by atoms with Crippen molar-refractivity contribution in [2.45, 2.75) is 44.9 Å². The van der Waals surface area contributed by atoms with E-state index < -0.39 is 6.61 Å². The predicted octanol–water partition coefficient (Wildman–Crippen LogP) is 2.55. The molecule has 0 radical (unpaired) electrons. The Morgan fingerprint density at radius 3 is 2.71 bits per heavy atom. The molecule has 1 heterocycles. The van der Waals surface area contributed by atoms with Gasteiger partial charge in [-0.1, -0.05) is 6.42 Å². The minimum atomic E-state index is -2.86. The van der Waals surface area contributed by atoms with Crippen molar-refractivity contribution < 1.29 is 18.3 Å². The molecule has 1 aliphatic rings. The molecule has 0 aromatic heterocycles. The summed E-state index contributed by atoms with van der Waals surface area (Å²) in [5.41, 5.74) is 0.431. The SMILES string of the molecule is CC1CCCC(CNC(=O)c2ccc(OC(F)F)cc2)N1. The van der Waals surface area contributed by atoms with E-state index in [1.54, 1.807) is 0 Å². The third-order valence-electron chi connectivity index (χ3n) is 3.56. The van der Waals surface area contributed by atoms with Crippen LogP contribution in [0, 0.1) is 0 Å². The molecule has 2 rings (SSSR count). The third-order valence-corrected chi connectivity index (χ3v) is 3.56. The van der Waals surface area contributed by atoms with Crippen molar-refractivity contribution in [1.82, 2.24) is 10.6 Å². The lowest BCUT2D eigenvalue weighted by Gasteiger charge is -2.28. The number of carbonyl (C=O) groups is 1. The number of nitrogens with one attached hydrogen (secondary N) is 2. The summed E-state index contributed by atoms with van der Waals surface area (Å²) in [4.78, 5) is 12.0. The van der Waals surface area contributed by atoms with Gasteiger partial charge in [-0.05, 0) is 44.0 Å². The van der Waals surface area contributed by atoms with Gasteiger partial charge in [-0.15, -0.1) is 0 Å². The standard InChI is InChI=1S/C15H20F2N2O2/c1-10-3-2-4-12(19-10)9-18-14(20)11-5-7-13(8-6-11)21-15(16)17/h5-8,10,12,15,19H,2-4,9H2,1H3,(H,18,20). The summed E-state index contributed by atoms with van der Waals surface area (Å²) in [6, 6.07) is 6.45. The summed E-state index contributed by atoms with van der Waals surface area (Å²) in [7, 11) is 0. The van der Waals surface area contributed by atoms with Crippen LogP contribution in [0.2, 0.25) is 0 Å². The molecular formula is C15H20F2N2O2. The number of amides is 1. The Bertz CT molecular complexity index is 465. The van der Waals surface area contributed by atoms with Gasteiger partial charge in [0.15, 0.2) is 0 Å². The Balaban J connectivity index is 1.82. The highest BCUT2D eigenvalue weighted by atomic mass is 19.3. The van der Waals surface area contributed by atoms with Gasteiger partial charge in [0.05, 0.1) is 0 Å². The lowest BCUT2D eigenvalue weighted by atomic mass is 9.99. The minimum Gasteiger partial charge on any atom is -0.435 e. The zero-order valence-corrected chi connectivity index (χ0v) is 11.9. The van der Waals surface area contributed by atoms with Crippen molar-refractivity contribution in [2.24, 2.45) is 0 Å². The van der Waals surface area contributed by atoms with Crippen LogP contribution in [0.1, 0.15) is 36.5 Å². The van der Waals surface area contributed by atoms with Crippen LogP contribution >= 0.6 is 0 Å². The summed E-state index contributed by atoms with van der Waals surface area (Å²) in [5.74, 6) is -0.164. The summed E-state index contributed by atoms with van der Waals surface area (Å²) in [6.07, 6.45) is 3.37. The topological polar surface area (TPSA) is 50.4 Å². The van der Waals surface area contributed by atoms with Gasteiger partial charge in [-0.3, -0.25) is 4.79 Å². The second kappa shape index (κ2) is 7.36. The Labute approximate surface area is 122 Å². The summed E-state index contributed by atoms with van der Waals surface area (Å²) in [5, 5.41) is 6.29. The lowest BCUT2D eigenvalue weighted by Crippen LogP contribution is -2.47. The highest BCUT2D eigenvalue weighted by Gasteiger charge is 2.18.